The Labute approximate surface area is 130 Å². The lowest BCUT2D eigenvalue weighted by atomic mass is 9.93. The van der Waals surface area contributed by atoms with Gasteiger partial charge < -0.3 is 14.8 Å². The number of fused-ring (bicyclic) bond motifs is 1. The summed E-state index contributed by atoms with van der Waals surface area (Å²) in [5, 5.41) is 3.38. The maximum atomic E-state index is 5.70. The molecule has 5 heteroatoms. The first-order valence-corrected chi connectivity index (χ1v) is 7.67. The average molecular weight is 299 g/mol. The molecule has 1 unspecified atom stereocenters. The highest BCUT2D eigenvalue weighted by molar-refractivity contribution is 5.46. The Balaban J connectivity index is 1.71. The van der Waals surface area contributed by atoms with E-state index in [4.69, 9.17) is 9.47 Å². The summed E-state index contributed by atoms with van der Waals surface area (Å²) in [6.45, 7) is 5.49. The van der Waals surface area contributed by atoms with Crippen LogP contribution in [0.25, 0.3) is 0 Å². The van der Waals surface area contributed by atoms with E-state index >= 15 is 0 Å². The lowest BCUT2D eigenvalue weighted by Crippen LogP contribution is -2.21. The molecule has 2 aromatic rings. The number of aromatic nitrogens is 2. The van der Waals surface area contributed by atoms with Gasteiger partial charge in [0.05, 0.1) is 12.7 Å². The fourth-order valence-electron chi connectivity index (χ4n) is 2.60. The van der Waals surface area contributed by atoms with Gasteiger partial charge in [-0.3, -0.25) is 0 Å². The Bertz CT molecular complexity index is 631. The predicted octanol–water partition coefficient (Wildman–Crippen LogP) is 3.24. The minimum Gasteiger partial charge on any atom is -0.493 e. The maximum absolute atomic E-state index is 5.70. The number of benzene rings is 1. The number of para-hydroxylation sites is 1. The van der Waals surface area contributed by atoms with Gasteiger partial charge in [-0.05, 0) is 31.9 Å². The van der Waals surface area contributed by atoms with Gasteiger partial charge in [-0.15, -0.1) is 0 Å². The standard InChI is InChI=1S/C17H21N3O2/c1-12(2)22-17-16(18-8-9-19-17)20-11-13-7-10-21-15-6-4-3-5-14(13)15/h3-6,8-9,12-13H,7,10-11H2,1-2H3,(H,18,20). The van der Waals surface area contributed by atoms with Crippen molar-refractivity contribution in [1.29, 1.82) is 0 Å². The molecule has 116 valence electrons. The summed E-state index contributed by atoms with van der Waals surface area (Å²) >= 11 is 0. The van der Waals surface area contributed by atoms with Crippen molar-refractivity contribution in [3.05, 3.63) is 42.2 Å². The molecule has 1 atom stereocenters. The van der Waals surface area contributed by atoms with E-state index in [0.717, 1.165) is 25.3 Å². The first-order chi connectivity index (χ1) is 10.7. The average Bonchev–Trinajstić information content (AvgIpc) is 2.53. The van der Waals surface area contributed by atoms with Crippen molar-refractivity contribution in [2.45, 2.75) is 32.3 Å². The summed E-state index contributed by atoms with van der Waals surface area (Å²) in [4.78, 5) is 8.60. The molecule has 0 aliphatic carbocycles. The van der Waals surface area contributed by atoms with Crippen LogP contribution in [-0.2, 0) is 0 Å². The van der Waals surface area contributed by atoms with E-state index in [9.17, 15) is 0 Å². The van der Waals surface area contributed by atoms with Crippen LogP contribution >= 0.6 is 0 Å². The second-order valence-electron chi connectivity index (χ2n) is 5.63. The molecule has 1 aromatic heterocycles. The van der Waals surface area contributed by atoms with Crippen molar-refractivity contribution in [3.63, 3.8) is 0 Å². The lowest BCUT2D eigenvalue weighted by molar-refractivity contribution is 0.233. The highest BCUT2D eigenvalue weighted by Gasteiger charge is 2.21. The van der Waals surface area contributed by atoms with Crippen molar-refractivity contribution in [2.24, 2.45) is 0 Å². The molecule has 22 heavy (non-hydrogen) atoms. The number of ether oxygens (including phenoxy) is 2. The molecular weight excluding hydrogens is 278 g/mol. The Morgan fingerprint density at radius 3 is 2.95 bits per heavy atom. The van der Waals surface area contributed by atoms with Crippen molar-refractivity contribution in [1.82, 2.24) is 9.97 Å². The van der Waals surface area contributed by atoms with Gasteiger partial charge in [0.2, 0.25) is 0 Å². The summed E-state index contributed by atoms with van der Waals surface area (Å²) in [7, 11) is 0. The zero-order valence-corrected chi connectivity index (χ0v) is 13.0. The quantitative estimate of drug-likeness (QED) is 0.918. The number of hydrogen-bond donors (Lipinski definition) is 1. The number of nitrogens with one attached hydrogen (secondary N) is 1. The Kier molecular flexibility index (Phi) is 4.42. The summed E-state index contributed by atoms with van der Waals surface area (Å²) in [6.07, 6.45) is 4.38. The van der Waals surface area contributed by atoms with Gasteiger partial charge in [0.1, 0.15) is 5.75 Å². The molecule has 0 bridgehead atoms. The Morgan fingerprint density at radius 1 is 1.27 bits per heavy atom. The van der Waals surface area contributed by atoms with E-state index in [2.05, 4.69) is 27.4 Å². The van der Waals surface area contributed by atoms with Crippen LogP contribution in [0.15, 0.2) is 36.7 Å². The van der Waals surface area contributed by atoms with E-state index in [1.807, 2.05) is 26.0 Å². The fraction of sp³-hybridized carbons (Fsp3) is 0.412. The van der Waals surface area contributed by atoms with Crippen LogP contribution in [-0.4, -0.2) is 29.2 Å². The third-order valence-electron chi connectivity index (χ3n) is 3.61. The Hall–Kier alpha value is -2.30. The van der Waals surface area contributed by atoms with Crippen LogP contribution in [0.3, 0.4) is 0 Å². The number of rotatable bonds is 5. The fourth-order valence-corrected chi connectivity index (χ4v) is 2.60. The van der Waals surface area contributed by atoms with Gasteiger partial charge in [-0.25, -0.2) is 9.97 Å². The van der Waals surface area contributed by atoms with Gasteiger partial charge >= 0.3 is 0 Å². The van der Waals surface area contributed by atoms with Crippen LogP contribution in [0, 0.1) is 0 Å². The molecule has 5 nitrogen and oxygen atoms in total. The highest BCUT2D eigenvalue weighted by atomic mass is 16.5. The molecule has 2 heterocycles. The normalized spacial score (nSPS) is 16.8. The first kappa shape index (κ1) is 14.6. The number of nitrogens with zero attached hydrogens (tertiary/aromatic N) is 2. The Morgan fingerprint density at radius 2 is 2.09 bits per heavy atom. The molecule has 3 rings (SSSR count). The third kappa shape index (κ3) is 3.30. The van der Waals surface area contributed by atoms with E-state index < -0.39 is 0 Å². The lowest BCUT2D eigenvalue weighted by Gasteiger charge is -2.26. The van der Waals surface area contributed by atoms with E-state index in [0.29, 0.717) is 17.6 Å². The van der Waals surface area contributed by atoms with Crippen molar-refractivity contribution in [3.8, 4) is 11.6 Å². The highest BCUT2D eigenvalue weighted by Crippen LogP contribution is 2.33. The maximum Gasteiger partial charge on any atom is 0.257 e. The van der Waals surface area contributed by atoms with Crippen LogP contribution in [0.5, 0.6) is 11.6 Å². The minimum absolute atomic E-state index is 0.0704. The molecule has 1 aliphatic heterocycles. The molecule has 1 aliphatic rings. The monoisotopic (exact) mass is 299 g/mol. The molecule has 0 saturated heterocycles. The molecular formula is C17H21N3O2. The summed E-state index contributed by atoms with van der Waals surface area (Å²) < 4.78 is 11.4. The van der Waals surface area contributed by atoms with Gasteiger partial charge in [0.25, 0.3) is 5.88 Å². The van der Waals surface area contributed by atoms with Crippen molar-refractivity contribution >= 4 is 5.82 Å². The molecule has 0 saturated carbocycles. The SMILES string of the molecule is CC(C)Oc1nccnc1NCC1CCOc2ccccc21. The topological polar surface area (TPSA) is 56.3 Å². The van der Waals surface area contributed by atoms with Gasteiger partial charge in [-0.1, -0.05) is 18.2 Å². The smallest absolute Gasteiger partial charge is 0.257 e. The molecule has 0 spiro atoms. The molecule has 1 N–H and O–H groups in total. The van der Waals surface area contributed by atoms with E-state index in [1.54, 1.807) is 12.4 Å². The summed E-state index contributed by atoms with van der Waals surface area (Å²) in [5.74, 6) is 2.63. The first-order valence-electron chi connectivity index (χ1n) is 7.67. The molecule has 0 radical (unpaired) electrons. The van der Waals surface area contributed by atoms with Crippen molar-refractivity contribution in [2.75, 3.05) is 18.5 Å². The zero-order chi connectivity index (χ0) is 15.4. The van der Waals surface area contributed by atoms with Crippen LogP contribution in [0.4, 0.5) is 5.82 Å². The summed E-state index contributed by atoms with van der Waals surface area (Å²) in [6, 6.07) is 8.21. The molecule has 1 aromatic carbocycles. The van der Waals surface area contributed by atoms with Gasteiger partial charge in [0, 0.05) is 24.9 Å². The second kappa shape index (κ2) is 6.64. The van der Waals surface area contributed by atoms with Crippen LogP contribution in [0.2, 0.25) is 0 Å². The minimum atomic E-state index is 0.0704. The molecule has 0 fully saturated rings. The largest absolute Gasteiger partial charge is 0.493 e. The van der Waals surface area contributed by atoms with Crippen molar-refractivity contribution < 1.29 is 9.47 Å². The molecule has 0 amide bonds. The summed E-state index contributed by atoms with van der Waals surface area (Å²) in [5.41, 5.74) is 1.25. The zero-order valence-electron chi connectivity index (χ0n) is 13.0. The van der Waals surface area contributed by atoms with E-state index in [1.165, 1.54) is 5.56 Å². The number of hydrogen-bond acceptors (Lipinski definition) is 5. The van der Waals surface area contributed by atoms with Crippen LogP contribution < -0.4 is 14.8 Å². The van der Waals surface area contributed by atoms with E-state index in [-0.39, 0.29) is 6.10 Å². The third-order valence-corrected chi connectivity index (χ3v) is 3.61. The van der Waals surface area contributed by atoms with Crippen LogP contribution in [0.1, 0.15) is 31.7 Å². The second-order valence-corrected chi connectivity index (χ2v) is 5.63. The predicted molar refractivity (Wildman–Crippen MR) is 85.6 cm³/mol. The van der Waals surface area contributed by atoms with Gasteiger partial charge in [0.15, 0.2) is 5.82 Å². The van der Waals surface area contributed by atoms with Gasteiger partial charge in [-0.2, -0.15) is 0 Å². The number of anilines is 1.